The second-order valence-electron chi connectivity index (χ2n) is 28.5. The highest BCUT2D eigenvalue weighted by Gasteiger charge is 2.42. The van der Waals surface area contributed by atoms with Crippen LogP contribution >= 0.6 is 12.0 Å². The first-order chi connectivity index (χ1) is 42.4. The molecule has 1 fully saturated rings. The van der Waals surface area contributed by atoms with Crippen molar-refractivity contribution in [2.75, 3.05) is 45.8 Å². The normalized spacial score (nSPS) is 15.8. The molecule has 0 saturated carbocycles. The molecule has 0 aromatic heterocycles. The molecule has 5 unspecified atom stereocenters. The SMILES string of the molecule is CSOCC1(COCC(=O)NC(CCC(=O)OC(C)(C)C)C(=O)NC(CCC(=O)OC(C)(C)C)C(=O)NC(Cc2ccc3ccccc3c2)C(=O)NCCCCC(NC(=O)NC(CCC(=O)OC(C)(C)C)C(=O)OC(C)(C)C)C(=O)OC(C)(C)C)COC(C)(C)OC1. The van der Waals surface area contributed by atoms with Gasteiger partial charge in [0.05, 0.1) is 31.8 Å². The van der Waals surface area contributed by atoms with E-state index in [1.807, 2.05) is 42.5 Å². The fraction of sp³-hybridized carbons (Fsp3) is 0.697. The van der Waals surface area contributed by atoms with Gasteiger partial charge in [0.25, 0.3) is 0 Å². The molecule has 26 heteroatoms. The predicted octanol–water partition coefficient (Wildman–Crippen LogP) is 7.29. The van der Waals surface area contributed by atoms with Gasteiger partial charge in [-0.2, -0.15) is 0 Å². The zero-order valence-electron chi connectivity index (χ0n) is 57.4. The van der Waals surface area contributed by atoms with Crippen LogP contribution in [0.25, 0.3) is 10.8 Å². The third-order valence-corrected chi connectivity index (χ3v) is 13.5. The second kappa shape index (κ2) is 35.6. The van der Waals surface area contributed by atoms with Gasteiger partial charge >= 0.3 is 35.9 Å². The van der Waals surface area contributed by atoms with Crippen LogP contribution in [0.15, 0.2) is 42.5 Å². The van der Waals surface area contributed by atoms with Gasteiger partial charge in [0, 0.05) is 38.5 Å². The average Bonchev–Trinajstić information content (AvgIpc) is 0.871. The lowest BCUT2D eigenvalue weighted by molar-refractivity contribution is -0.295. The van der Waals surface area contributed by atoms with Crippen LogP contribution in [-0.4, -0.2) is 169 Å². The number of carbonyl (C=O) groups excluding carboxylic acids is 10. The summed E-state index contributed by atoms with van der Waals surface area (Å²) in [6.45, 7) is 28.6. The smallest absolute Gasteiger partial charge is 0.329 e. The molecule has 0 aliphatic carbocycles. The number of carbonyl (C=O) groups is 10. The van der Waals surface area contributed by atoms with Gasteiger partial charge in [0.2, 0.25) is 23.6 Å². The summed E-state index contributed by atoms with van der Waals surface area (Å²) >= 11 is 1.15. The number of hydrogen-bond donors (Lipinski definition) is 6. The molecule has 1 aliphatic rings. The van der Waals surface area contributed by atoms with Crippen LogP contribution in [0.5, 0.6) is 0 Å². The summed E-state index contributed by atoms with van der Waals surface area (Å²) in [6, 6.07) is 5.37. The zero-order valence-corrected chi connectivity index (χ0v) is 58.2. The van der Waals surface area contributed by atoms with Crippen molar-refractivity contribution in [3.05, 3.63) is 48.0 Å². The Labute approximate surface area is 547 Å². The topological polar surface area (TPSA) is 326 Å². The summed E-state index contributed by atoms with van der Waals surface area (Å²) in [5.74, 6) is -7.54. The quantitative estimate of drug-likeness (QED) is 0.0177. The number of benzene rings is 2. The molecule has 0 radical (unpaired) electrons. The van der Waals surface area contributed by atoms with E-state index < -0.39 is 136 Å². The van der Waals surface area contributed by atoms with E-state index in [-0.39, 0.29) is 97.2 Å². The van der Waals surface area contributed by atoms with Gasteiger partial charge < -0.3 is 74.0 Å². The number of ether oxygens (including phenoxy) is 8. The number of esters is 5. The van der Waals surface area contributed by atoms with E-state index in [1.165, 1.54) is 0 Å². The van der Waals surface area contributed by atoms with Crippen LogP contribution in [0.1, 0.15) is 181 Å². The third kappa shape index (κ3) is 32.8. The lowest BCUT2D eigenvalue weighted by Gasteiger charge is -2.42. The molecule has 6 amide bonds. The summed E-state index contributed by atoms with van der Waals surface area (Å²) in [4.78, 5) is 137. The lowest BCUT2D eigenvalue weighted by atomic mass is 9.91. The molecular formula is C66H104N6O19S. The fourth-order valence-electron chi connectivity index (χ4n) is 8.99. The van der Waals surface area contributed by atoms with E-state index >= 15 is 0 Å². The van der Waals surface area contributed by atoms with Gasteiger partial charge in [-0.3, -0.25) is 33.6 Å². The molecule has 1 heterocycles. The van der Waals surface area contributed by atoms with Crippen LogP contribution < -0.4 is 31.9 Å². The molecule has 92 heavy (non-hydrogen) atoms. The first-order valence-corrected chi connectivity index (χ1v) is 32.4. The van der Waals surface area contributed by atoms with Crippen LogP contribution in [0, 0.1) is 5.41 Å². The fourth-order valence-corrected chi connectivity index (χ4v) is 9.36. The summed E-state index contributed by atoms with van der Waals surface area (Å²) < 4.78 is 51.0. The molecule has 3 rings (SSSR count). The minimum absolute atomic E-state index is 0.00763. The third-order valence-electron chi connectivity index (χ3n) is 13.1. The number of hydrogen-bond acceptors (Lipinski definition) is 20. The number of rotatable bonds is 33. The van der Waals surface area contributed by atoms with Gasteiger partial charge in [0.1, 0.15) is 64.8 Å². The van der Waals surface area contributed by atoms with Gasteiger partial charge in [-0.1, -0.05) is 42.5 Å². The van der Waals surface area contributed by atoms with E-state index in [4.69, 9.17) is 42.1 Å². The van der Waals surface area contributed by atoms with Crippen molar-refractivity contribution in [1.82, 2.24) is 31.9 Å². The standard InChI is InChI=1S/C66H104N6O19S/c1-60(2,3)87-51(74)31-28-45(68-50(73)37-83-38-66(41-86-92-18)39-84-65(16,17)85-40-66)55(78)69-46(29-32-52(75)88-61(4,5)6)56(79)70-49(36-42-26-27-43-23-19-20-24-44(43)35-42)54(77)67-34-22-21-25-47(57(80)90-63(10,11)12)71-59(82)72-48(58(81)91-64(13,14)15)30-33-53(76)89-62(7,8)9/h19-20,23-24,26-27,35,45-49H,21-22,25,28-34,36-41H2,1-18H3,(H,67,77)(H,68,73)(H,69,78)(H,70,79)(H2,71,72,82). The molecule has 25 nitrogen and oxygen atoms in total. The molecule has 1 saturated heterocycles. The Morgan fingerprint density at radius 1 is 0.511 bits per heavy atom. The van der Waals surface area contributed by atoms with E-state index in [9.17, 15) is 47.9 Å². The summed E-state index contributed by atoms with van der Waals surface area (Å²) in [5.41, 5.74) is -4.60. The Kier molecular flexibility index (Phi) is 30.8. The van der Waals surface area contributed by atoms with Crippen LogP contribution in [0.2, 0.25) is 0 Å². The van der Waals surface area contributed by atoms with Crippen molar-refractivity contribution in [2.45, 2.75) is 246 Å². The number of unbranched alkanes of at least 4 members (excludes halogenated alkanes) is 1. The molecule has 1 aliphatic heterocycles. The van der Waals surface area contributed by atoms with E-state index in [0.717, 1.165) is 22.8 Å². The summed E-state index contributed by atoms with van der Waals surface area (Å²) in [6.07, 6.45) is 0.470. The van der Waals surface area contributed by atoms with Gasteiger partial charge in [-0.05, 0) is 185 Å². The molecule has 0 spiro atoms. The summed E-state index contributed by atoms with van der Waals surface area (Å²) in [5, 5.41) is 17.9. The van der Waals surface area contributed by atoms with Crippen LogP contribution in [-0.2, 0) is 91.6 Å². The minimum Gasteiger partial charge on any atom is -0.460 e. The maximum absolute atomic E-state index is 14.8. The molecular weight excluding hydrogens is 1210 g/mol. The Balaban J connectivity index is 1.92. The highest BCUT2D eigenvalue weighted by molar-refractivity contribution is 7.93. The monoisotopic (exact) mass is 1320 g/mol. The molecule has 5 atom stereocenters. The highest BCUT2D eigenvalue weighted by Crippen LogP contribution is 2.32. The Bertz CT molecular complexity index is 2800. The molecule has 0 bridgehead atoms. The van der Waals surface area contributed by atoms with Crippen LogP contribution in [0.3, 0.4) is 0 Å². The molecule has 6 N–H and O–H groups in total. The molecule has 518 valence electrons. The maximum atomic E-state index is 14.8. The number of amides is 6. The Morgan fingerprint density at radius 3 is 1.43 bits per heavy atom. The second-order valence-corrected chi connectivity index (χ2v) is 29.0. The molecule has 2 aromatic carbocycles. The van der Waals surface area contributed by atoms with Crippen molar-refractivity contribution >= 4 is 82.3 Å². The van der Waals surface area contributed by atoms with E-state index in [0.29, 0.717) is 5.56 Å². The van der Waals surface area contributed by atoms with E-state index in [1.54, 1.807) is 124 Å². The van der Waals surface area contributed by atoms with Crippen molar-refractivity contribution < 1.29 is 90.0 Å². The average molecular weight is 1320 g/mol. The number of urea groups is 1. The van der Waals surface area contributed by atoms with Gasteiger partial charge in [-0.25, -0.2) is 14.4 Å². The van der Waals surface area contributed by atoms with Crippen molar-refractivity contribution in [1.29, 1.82) is 0 Å². The van der Waals surface area contributed by atoms with Crippen molar-refractivity contribution in [2.24, 2.45) is 5.41 Å². The van der Waals surface area contributed by atoms with Crippen molar-refractivity contribution in [3.63, 3.8) is 0 Å². The maximum Gasteiger partial charge on any atom is 0.329 e. The largest absolute Gasteiger partial charge is 0.460 e. The predicted molar refractivity (Wildman–Crippen MR) is 345 cm³/mol. The first kappa shape index (κ1) is 79.6. The first-order valence-electron chi connectivity index (χ1n) is 31.3. The lowest BCUT2D eigenvalue weighted by Crippen LogP contribution is -2.57. The molecule has 2 aromatic rings. The number of fused-ring (bicyclic) bond motifs is 1. The van der Waals surface area contributed by atoms with E-state index in [2.05, 4.69) is 31.9 Å². The van der Waals surface area contributed by atoms with Crippen molar-refractivity contribution in [3.8, 4) is 0 Å². The Hall–Kier alpha value is -6.61. The number of nitrogens with one attached hydrogen (secondary N) is 6. The minimum atomic E-state index is -1.52. The summed E-state index contributed by atoms with van der Waals surface area (Å²) in [7, 11) is 0. The van der Waals surface area contributed by atoms with Gasteiger partial charge in [0.15, 0.2) is 5.79 Å². The van der Waals surface area contributed by atoms with Gasteiger partial charge in [-0.15, -0.1) is 0 Å². The van der Waals surface area contributed by atoms with Crippen LogP contribution in [0.4, 0.5) is 4.79 Å². The highest BCUT2D eigenvalue weighted by atomic mass is 32.2. The Morgan fingerprint density at radius 2 is 0.957 bits per heavy atom. The zero-order chi connectivity index (χ0) is 69.5.